The highest BCUT2D eigenvalue weighted by molar-refractivity contribution is 5.91. The molecule has 0 aromatic heterocycles. The van der Waals surface area contributed by atoms with Gasteiger partial charge in [0, 0.05) is 25.9 Å². The van der Waals surface area contributed by atoms with Gasteiger partial charge in [-0.2, -0.15) is 0 Å². The topological polar surface area (TPSA) is 71.7 Å². The van der Waals surface area contributed by atoms with Gasteiger partial charge in [-0.15, -0.1) is 0 Å². The normalized spacial score (nSPS) is 23.1. The Morgan fingerprint density at radius 2 is 1.33 bits per heavy atom. The van der Waals surface area contributed by atoms with Crippen LogP contribution in [0.4, 0.5) is 0 Å². The second-order valence-corrected chi connectivity index (χ2v) is 4.75. The molecule has 0 aromatic carbocycles. The number of nitrogens with zero attached hydrogens (tertiary/aromatic N) is 4. The van der Waals surface area contributed by atoms with E-state index in [1.165, 1.54) is 0 Å². The predicted molar refractivity (Wildman–Crippen MR) is 70.6 cm³/mol. The number of amidine groups is 2. The molecule has 0 bridgehead atoms. The van der Waals surface area contributed by atoms with E-state index in [0.29, 0.717) is 0 Å². The highest BCUT2D eigenvalue weighted by atomic mass is 16.3. The van der Waals surface area contributed by atoms with Crippen LogP contribution in [0, 0.1) is 0 Å². The highest BCUT2D eigenvalue weighted by Crippen LogP contribution is 2.14. The molecule has 0 aromatic rings. The van der Waals surface area contributed by atoms with Crippen LogP contribution in [0.1, 0.15) is 26.7 Å². The van der Waals surface area contributed by atoms with Crippen molar-refractivity contribution >= 4 is 11.7 Å². The van der Waals surface area contributed by atoms with Crippen LogP contribution in [0.25, 0.3) is 0 Å². The van der Waals surface area contributed by atoms with Crippen LogP contribution < -0.4 is 0 Å². The zero-order chi connectivity index (χ0) is 13.1. The average molecular weight is 254 g/mol. The van der Waals surface area contributed by atoms with E-state index in [1.54, 1.807) is 13.8 Å². The summed E-state index contributed by atoms with van der Waals surface area (Å²) in [6.07, 6.45) is 0.578. The molecule has 0 fully saturated rings. The molecule has 2 unspecified atom stereocenters. The van der Waals surface area contributed by atoms with Crippen LogP contribution in [0.5, 0.6) is 0 Å². The molecule has 0 saturated carbocycles. The summed E-state index contributed by atoms with van der Waals surface area (Å²) in [7, 11) is 0. The summed E-state index contributed by atoms with van der Waals surface area (Å²) in [4.78, 5) is 12.7. The summed E-state index contributed by atoms with van der Waals surface area (Å²) in [6.45, 7) is 6.62. The summed E-state index contributed by atoms with van der Waals surface area (Å²) >= 11 is 0. The third-order valence-electron chi connectivity index (χ3n) is 3.41. The molecular formula is C12H22N4O2. The van der Waals surface area contributed by atoms with E-state index < -0.39 is 12.5 Å². The van der Waals surface area contributed by atoms with Gasteiger partial charge in [0.05, 0.1) is 13.1 Å². The van der Waals surface area contributed by atoms with Crippen molar-refractivity contribution in [2.75, 3.05) is 26.2 Å². The molecule has 18 heavy (non-hydrogen) atoms. The SMILES string of the molecule is CC(O)N1CCN=C1CCC1=NCCN1C(C)O. The summed E-state index contributed by atoms with van der Waals surface area (Å²) in [6, 6.07) is 0. The van der Waals surface area contributed by atoms with Gasteiger partial charge < -0.3 is 20.0 Å². The molecule has 2 rings (SSSR count). The van der Waals surface area contributed by atoms with Crippen molar-refractivity contribution < 1.29 is 10.2 Å². The second kappa shape index (κ2) is 5.67. The van der Waals surface area contributed by atoms with Gasteiger partial charge in [-0.25, -0.2) is 0 Å². The van der Waals surface area contributed by atoms with E-state index in [2.05, 4.69) is 9.98 Å². The molecule has 2 aliphatic heterocycles. The predicted octanol–water partition coefficient (Wildman–Crippen LogP) is -0.129. The summed E-state index contributed by atoms with van der Waals surface area (Å²) in [5.41, 5.74) is 0. The van der Waals surface area contributed by atoms with Gasteiger partial charge in [0.1, 0.15) is 24.1 Å². The van der Waals surface area contributed by atoms with Gasteiger partial charge in [0.15, 0.2) is 0 Å². The first kappa shape index (κ1) is 13.3. The second-order valence-electron chi connectivity index (χ2n) is 4.75. The molecule has 2 heterocycles. The van der Waals surface area contributed by atoms with Gasteiger partial charge in [-0.05, 0) is 13.8 Å². The van der Waals surface area contributed by atoms with E-state index >= 15 is 0 Å². The number of hydrogen-bond donors (Lipinski definition) is 2. The molecule has 0 spiro atoms. The maximum Gasteiger partial charge on any atom is 0.125 e. The zero-order valence-electron chi connectivity index (χ0n) is 11.1. The number of hydrogen-bond acceptors (Lipinski definition) is 6. The Morgan fingerprint density at radius 3 is 1.67 bits per heavy atom. The van der Waals surface area contributed by atoms with E-state index in [0.717, 1.165) is 50.7 Å². The summed E-state index contributed by atoms with van der Waals surface area (Å²) in [5.74, 6) is 1.90. The van der Waals surface area contributed by atoms with E-state index in [1.807, 2.05) is 9.80 Å². The molecular weight excluding hydrogens is 232 g/mol. The maximum atomic E-state index is 9.62. The zero-order valence-corrected chi connectivity index (χ0v) is 11.1. The van der Waals surface area contributed by atoms with Crippen molar-refractivity contribution in [3.8, 4) is 0 Å². The van der Waals surface area contributed by atoms with Crippen molar-refractivity contribution in [1.29, 1.82) is 0 Å². The molecule has 0 radical (unpaired) electrons. The maximum absolute atomic E-state index is 9.62. The minimum absolute atomic E-state index is 0.482. The fraction of sp³-hybridized carbons (Fsp3) is 0.833. The Morgan fingerprint density at radius 1 is 0.944 bits per heavy atom. The largest absolute Gasteiger partial charge is 0.374 e. The number of aliphatic hydroxyl groups excluding tert-OH is 2. The Bertz CT molecular complexity index is 318. The van der Waals surface area contributed by atoms with Crippen molar-refractivity contribution in [2.45, 2.75) is 39.1 Å². The minimum Gasteiger partial charge on any atom is -0.374 e. The third-order valence-corrected chi connectivity index (χ3v) is 3.41. The van der Waals surface area contributed by atoms with Crippen LogP contribution in [-0.4, -0.2) is 70.3 Å². The van der Waals surface area contributed by atoms with Crippen molar-refractivity contribution in [3.63, 3.8) is 0 Å². The Labute approximate surface area is 108 Å². The lowest BCUT2D eigenvalue weighted by molar-refractivity contribution is 0.0743. The van der Waals surface area contributed by atoms with Gasteiger partial charge in [-0.3, -0.25) is 9.98 Å². The van der Waals surface area contributed by atoms with Crippen molar-refractivity contribution in [1.82, 2.24) is 9.80 Å². The Kier molecular flexibility index (Phi) is 4.19. The molecule has 0 aliphatic carbocycles. The monoisotopic (exact) mass is 254 g/mol. The number of rotatable bonds is 5. The highest BCUT2D eigenvalue weighted by Gasteiger charge is 2.24. The van der Waals surface area contributed by atoms with Gasteiger partial charge in [0.25, 0.3) is 0 Å². The first-order valence-corrected chi connectivity index (χ1v) is 6.55. The van der Waals surface area contributed by atoms with Crippen LogP contribution in [0.2, 0.25) is 0 Å². The van der Waals surface area contributed by atoms with Crippen LogP contribution >= 0.6 is 0 Å². The molecule has 6 heteroatoms. The minimum atomic E-state index is -0.482. The van der Waals surface area contributed by atoms with E-state index in [-0.39, 0.29) is 0 Å². The molecule has 2 aliphatic rings. The summed E-state index contributed by atoms with van der Waals surface area (Å²) < 4.78 is 0. The molecule has 102 valence electrons. The standard InChI is InChI=1S/C12H22N4O2/c1-9(17)15-7-5-13-11(15)3-4-12-14-6-8-16(12)10(2)18/h9-10,17-18H,3-8H2,1-2H3. The van der Waals surface area contributed by atoms with Gasteiger partial charge >= 0.3 is 0 Å². The van der Waals surface area contributed by atoms with Crippen LogP contribution in [0.3, 0.4) is 0 Å². The fourth-order valence-corrected chi connectivity index (χ4v) is 2.49. The Balaban J connectivity index is 1.88. The fourth-order valence-electron chi connectivity index (χ4n) is 2.49. The first-order valence-electron chi connectivity index (χ1n) is 6.55. The van der Waals surface area contributed by atoms with E-state index in [9.17, 15) is 10.2 Å². The molecule has 0 amide bonds. The van der Waals surface area contributed by atoms with Gasteiger partial charge in [0.2, 0.25) is 0 Å². The molecule has 2 N–H and O–H groups in total. The molecule has 6 nitrogen and oxygen atoms in total. The van der Waals surface area contributed by atoms with Crippen LogP contribution in [-0.2, 0) is 0 Å². The third kappa shape index (κ3) is 2.81. The van der Waals surface area contributed by atoms with Crippen molar-refractivity contribution in [2.24, 2.45) is 9.98 Å². The average Bonchev–Trinajstić information content (AvgIpc) is 2.94. The van der Waals surface area contributed by atoms with Gasteiger partial charge in [-0.1, -0.05) is 0 Å². The number of aliphatic imine (C=N–C) groups is 2. The lowest BCUT2D eigenvalue weighted by atomic mass is 10.2. The van der Waals surface area contributed by atoms with Crippen LogP contribution in [0.15, 0.2) is 9.98 Å². The smallest absolute Gasteiger partial charge is 0.125 e. The quantitative estimate of drug-likeness (QED) is 0.717. The lowest BCUT2D eigenvalue weighted by Gasteiger charge is -2.26. The van der Waals surface area contributed by atoms with Crippen molar-refractivity contribution in [3.05, 3.63) is 0 Å². The number of aliphatic hydroxyl groups is 2. The molecule has 2 atom stereocenters. The lowest BCUT2D eigenvalue weighted by Crippen LogP contribution is -2.38. The Hall–Kier alpha value is -1.14. The first-order chi connectivity index (χ1) is 8.59. The molecule has 0 saturated heterocycles. The van der Waals surface area contributed by atoms with E-state index in [4.69, 9.17) is 0 Å². The summed E-state index contributed by atoms with van der Waals surface area (Å²) in [5, 5.41) is 19.2.